The maximum absolute atomic E-state index is 6.13. The van der Waals surface area contributed by atoms with Crippen molar-refractivity contribution < 1.29 is 4.42 Å². The molecule has 0 spiro atoms. The van der Waals surface area contributed by atoms with Crippen LogP contribution in [-0.4, -0.2) is 9.13 Å². The molecule has 3 aromatic heterocycles. The highest BCUT2D eigenvalue weighted by Crippen LogP contribution is 2.43. The average Bonchev–Trinajstić information content (AvgIpc) is 3.82. The largest absolute Gasteiger partial charge is 0.456 e. The highest BCUT2D eigenvalue weighted by molar-refractivity contribution is 6.29. The van der Waals surface area contributed by atoms with E-state index in [1.54, 1.807) is 0 Å². The SMILES string of the molecule is c1cc(-c2ccc3oc4ccccc4c3c2)cc(-n2c3ccccc3c3c4c5ccccc5n(-c5ccc6ccccc6c5)c4ccc32)c1. The Kier molecular flexibility index (Phi) is 5.38. The molecule has 3 heterocycles. The fourth-order valence-electron chi connectivity index (χ4n) is 8.12. The van der Waals surface area contributed by atoms with E-state index in [1.807, 2.05) is 12.1 Å². The van der Waals surface area contributed by atoms with Crippen molar-refractivity contribution >= 4 is 76.3 Å². The molecule has 49 heavy (non-hydrogen) atoms. The number of aromatic nitrogens is 2. The minimum atomic E-state index is 0.912. The van der Waals surface area contributed by atoms with Crippen molar-refractivity contribution in [3.8, 4) is 22.5 Å². The van der Waals surface area contributed by atoms with Crippen molar-refractivity contribution in [2.24, 2.45) is 0 Å². The lowest BCUT2D eigenvalue weighted by Gasteiger charge is -2.11. The third-order valence-corrected chi connectivity index (χ3v) is 10.3. The number of furan rings is 1. The zero-order valence-electron chi connectivity index (χ0n) is 26.5. The van der Waals surface area contributed by atoms with Gasteiger partial charge in [-0.25, -0.2) is 0 Å². The summed E-state index contributed by atoms with van der Waals surface area (Å²) in [6.45, 7) is 0. The maximum atomic E-state index is 6.13. The Morgan fingerprint density at radius 3 is 1.67 bits per heavy atom. The molecule has 0 aliphatic rings. The summed E-state index contributed by atoms with van der Waals surface area (Å²) in [4.78, 5) is 0. The van der Waals surface area contributed by atoms with Gasteiger partial charge in [0, 0.05) is 43.7 Å². The van der Waals surface area contributed by atoms with Crippen molar-refractivity contribution in [3.63, 3.8) is 0 Å². The predicted octanol–water partition coefficient (Wildman–Crippen LogP) is 12.6. The molecule has 3 nitrogen and oxygen atoms in total. The van der Waals surface area contributed by atoms with Crippen molar-refractivity contribution in [3.05, 3.63) is 170 Å². The summed E-state index contributed by atoms with van der Waals surface area (Å²) in [5, 5.41) is 9.84. The molecule has 11 aromatic rings. The smallest absolute Gasteiger partial charge is 0.135 e. The van der Waals surface area contributed by atoms with E-state index in [2.05, 4.69) is 167 Å². The molecule has 0 aliphatic heterocycles. The summed E-state index contributed by atoms with van der Waals surface area (Å²) in [7, 11) is 0. The molecule has 0 fully saturated rings. The van der Waals surface area contributed by atoms with Gasteiger partial charge in [0.1, 0.15) is 11.2 Å². The van der Waals surface area contributed by atoms with Gasteiger partial charge in [-0.3, -0.25) is 0 Å². The molecule has 3 heteroatoms. The van der Waals surface area contributed by atoms with Gasteiger partial charge in [-0.05, 0) is 88.6 Å². The van der Waals surface area contributed by atoms with Gasteiger partial charge in [-0.15, -0.1) is 0 Å². The zero-order chi connectivity index (χ0) is 32.1. The second-order valence-electron chi connectivity index (χ2n) is 12.9. The van der Waals surface area contributed by atoms with E-state index in [0.717, 1.165) is 27.6 Å². The number of para-hydroxylation sites is 3. The van der Waals surface area contributed by atoms with Gasteiger partial charge in [0.2, 0.25) is 0 Å². The first kappa shape index (κ1) is 26.5. The molecule has 0 radical (unpaired) electrons. The molecule has 0 bridgehead atoms. The lowest BCUT2D eigenvalue weighted by molar-refractivity contribution is 0.669. The Labute approximate surface area is 281 Å². The number of hydrogen-bond donors (Lipinski definition) is 0. The summed E-state index contributed by atoms with van der Waals surface area (Å²) in [5.74, 6) is 0. The lowest BCUT2D eigenvalue weighted by atomic mass is 10.0. The molecule has 0 atom stereocenters. The van der Waals surface area contributed by atoms with Crippen molar-refractivity contribution in [2.75, 3.05) is 0 Å². The van der Waals surface area contributed by atoms with Crippen molar-refractivity contribution in [1.82, 2.24) is 9.13 Å². The van der Waals surface area contributed by atoms with E-state index < -0.39 is 0 Å². The molecule has 0 saturated heterocycles. The van der Waals surface area contributed by atoms with Crippen LogP contribution in [0.25, 0.3) is 98.8 Å². The highest BCUT2D eigenvalue weighted by atomic mass is 16.3. The first-order valence-corrected chi connectivity index (χ1v) is 16.8. The van der Waals surface area contributed by atoms with Crippen LogP contribution in [0.1, 0.15) is 0 Å². The summed E-state index contributed by atoms with van der Waals surface area (Å²) in [5.41, 5.74) is 11.3. The van der Waals surface area contributed by atoms with E-state index >= 15 is 0 Å². The van der Waals surface area contributed by atoms with E-state index in [-0.39, 0.29) is 0 Å². The van der Waals surface area contributed by atoms with Crippen LogP contribution in [0.5, 0.6) is 0 Å². The average molecular weight is 625 g/mol. The van der Waals surface area contributed by atoms with E-state index in [1.165, 1.54) is 71.2 Å². The van der Waals surface area contributed by atoms with Gasteiger partial charge in [-0.1, -0.05) is 103 Å². The molecule has 0 N–H and O–H groups in total. The highest BCUT2D eigenvalue weighted by Gasteiger charge is 2.20. The Balaban J connectivity index is 1.17. The second-order valence-corrected chi connectivity index (χ2v) is 12.9. The van der Waals surface area contributed by atoms with E-state index in [4.69, 9.17) is 4.42 Å². The van der Waals surface area contributed by atoms with Gasteiger partial charge < -0.3 is 13.6 Å². The summed E-state index contributed by atoms with van der Waals surface area (Å²) >= 11 is 0. The van der Waals surface area contributed by atoms with Crippen molar-refractivity contribution in [1.29, 1.82) is 0 Å². The van der Waals surface area contributed by atoms with Crippen LogP contribution in [0.2, 0.25) is 0 Å². The van der Waals surface area contributed by atoms with E-state index in [9.17, 15) is 0 Å². The number of rotatable bonds is 3. The van der Waals surface area contributed by atoms with Crippen LogP contribution >= 0.6 is 0 Å². The zero-order valence-corrected chi connectivity index (χ0v) is 26.5. The van der Waals surface area contributed by atoms with Gasteiger partial charge in [0.05, 0.1) is 22.1 Å². The van der Waals surface area contributed by atoms with Crippen LogP contribution in [0.3, 0.4) is 0 Å². The standard InChI is InChI=1S/C46H28N2O/c1-2-11-30-26-34(22-20-29(30)10-1)48-40-18-7-4-16-37(40)46-42(48)24-23-41-45(46)36-15-3-6-17-39(36)47(41)33-13-9-12-31(27-33)32-21-25-44-38(28-32)35-14-5-8-19-43(35)49-44/h1-28H. The number of nitrogens with zero attached hydrogens (tertiary/aromatic N) is 2. The molecule has 0 aliphatic carbocycles. The fourth-order valence-corrected chi connectivity index (χ4v) is 8.12. The Hall–Kier alpha value is -6.58. The molecule has 8 aromatic carbocycles. The van der Waals surface area contributed by atoms with Crippen molar-refractivity contribution in [2.45, 2.75) is 0 Å². The second kappa shape index (κ2) is 9.96. The van der Waals surface area contributed by atoms with Crippen LogP contribution in [-0.2, 0) is 0 Å². The maximum Gasteiger partial charge on any atom is 0.135 e. The summed E-state index contributed by atoms with van der Waals surface area (Å²) in [6.07, 6.45) is 0. The minimum Gasteiger partial charge on any atom is -0.456 e. The molecule has 0 unspecified atom stereocenters. The predicted molar refractivity (Wildman–Crippen MR) is 205 cm³/mol. The first-order valence-electron chi connectivity index (χ1n) is 16.8. The number of fused-ring (bicyclic) bond motifs is 11. The number of hydrogen-bond acceptors (Lipinski definition) is 1. The lowest BCUT2D eigenvalue weighted by Crippen LogP contribution is -1.95. The normalized spacial score (nSPS) is 12.1. The quantitative estimate of drug-likeness (QED) is 0.192. The number of benzene rings is 8. The minimum absolute atomic E-state index is 0.912. The summed E-state index contributed by atoms with van der Waals surface area (Å²) in [6, 6.07) is 61.4. The third kappa shape index (κ3) is 3.78. The Morgan fingerprint density at radius 2 is 0.918 bits per heavy atom. The van der Waals surface area contributed by atoms with Crippen LogP contribution in [0.15, 0.2) is 174 Å². The topological polar surface area (TPSA) is 23.0 Å². The van der Waals surface area contributed by atoms with Gasteiger partial charge in [0.15, 0.2) is 0 Å². The van der Waals surface area contributed by atoms with E-state index in [0.29, 0.717) is 0 Å². The fraction of sp³-hybridized carbons (Fsp3) is 0. The Morgan fingerprint density at radius 1 is 0.327 bits per heavy atom. The third-order valence-electron chi connectivity index (χ3n) is 10.3. The van der Waals surface area contributed by atoms with Gasteiger partial charge in [0.25, 0.3) is 0 Å². The van der Waals surface area contributed by atoms with Gasteiger partial charge >= 0.3 is 0 Å². The summed E-state index contributed by atoms with van der Waals surface area (Å²) < 4.78 is 11.0. The molecule has 228 valence electrons. The first-order chi connectivity index (χ1) is 24.3. The monoisotopic (exact) mass is 624 g/mol. The van der Waals surface area contributed by atoms with Crippen LogP contribution in [0.4, 0.5) is 0 Å². The molecule has 11 rings (SSSR count). The molecule has 0 saturated carbocycles. The molecular formula is C46H28N2O. The van der Waals surface area contributed by atoms with Crippen LogP contribution < -0.4 is 0 Å². The molecular weight excluding hydrogens is 597 g/mol. The van der Waals surface area contributed by atoms with Crippen LogP contribution in [0, 0.1) is 0 Å². The Bertz CT molecular complexity index is 3120. The van der Waals surface area contributed by atoms with Gasteiger partial charge in [-0.2, -0.15) is 0 Å². The molecule has 0 amide bonds.